The van der Waals surface area contributed by atoms with Gasteiger partial charge in [-0.3, -0.25) is 9.59 Å². The van der Waals surface area contributed by atoms with E-state index in [1.54, 1.807) is 28.3 Å². The molecular formula is C55H101NO14Si2. The summed E-state index contributed by atoms with van der Waals surface area (Å²) in [5, 5.41) is 50.2. The van der Waals surface area contributed by atoms with Crippen LogP contribution >= 0.6 is 0 Å². The van der Waals surface area contributed by atoms with Gasteiger partial charge in [0.25, 0.3) is 11.7 Å². The van der Waals surface area contributed by atoms with E-state index in [2.05, 4.69) is 80.7 Å². The van der Waals surface area contributed by atoms with Crippen LogP contribution in [0.4, 0.5) is 0 Å². The van der Waals surface area contributed by atoms with Crippen molar-refractivity contribution in [3.8, 4) is 0 Å². The van der Waals surface area contributed by atoms with E-state index < -0.39 is 112 Å². The highest BCUT2D eigenvalue weighted by atomic mass is 28.4. The first-order valence-corrected chi connectivity index (χ1v) is 33.1. The third-order valence-electron chi connectivity index (χ3n) is 18.2. The number of allylic oxidation sites excluding steroid dienone is 1. The number of fused-ring (bicyclic) bond motifs is 3. The lowest BCUT2D eigenvalue weighted by Crippen LogP contribution is -2.65. The number of esters is 1. The topological polar surface area (TPSA) is 200 Å². The molecule has 1 amide bonds. The molecule has 3 aliphatic heterocycles. The smallest absolute Gasteiger partial charge is 0.329 e. The normalized spacial score (nSPS) is 38.1. The molecule has 2 saturated heterocycles. The number of rotatable bonds is 11. The number of methoxy groups -OCH3 is 3. The number of aliphatic hydroxyl groups is 4. The third kappa shape index (κ3) is 14.3. The van der Waals surface area contributed by atoms with Gasteiger partial charge in [-0.25, -0.2) is 4.79 Å². The number of piperidine rings is 1. The van der Waals surface area contributed by atoms with Crippen molar-refractivity contribution in [3.05, 3.63) is 11.6 Å². The molecule has 0 spiro atoms. The van der Waals surface area contributed by atoms with Crippen molar-refractivity contribution < 1.29 is 67.3 Å². The van der Waals surface area contributed by atoms with Crippen LogP contribution in [0.15, 0.2) is 11.6 Å². The van der Waals surface area contributed by atoms with Crippen LogP contribution in [0.2, 0.25) is 36.3 Å². The lowest BCUT2D eigenvalue weighted by atomic mass is 9.72. The fourth-order valence-electron chi connectivity index (χ4n) is 11.4. The molecule has 17 heteroatoms. The zero-order chi connectivity index (χ0) is 54.7. The average Bonchev–Trinajstić information content (AvgIpc) is 3.29. The molecule has 4 rings (SSSR count). The van der Waals surface area contributed by atoms with Gasteiger partial charge in [0.2, 0.25) is 5.79 Å². The van der Waals surface area contributed by atoms with Crippen molar-refractivity contribution >= 4 is 34.3 Å². The van der Waals surface area contributed by atoms with Gasteiger partial charge >= 0.3 is 5.97 Å². The fourth-order valence-corrected chi connectivity index (χ4v) is 14.2. The van der Waals surface area contributed by atoms with Crippen LogP contribution in [0.3, 0.4) is 0 Å². The number of cyclic esters (lactones) is 1. The summed E-state index contributed by atoms with van der Waals surface area (Å²) in [6.07, 6.45) is -0.421. The van der Waals surface area contributed by atoms with Gasteiger partial charge in [0.1, 0.15) is 23.9 Å². The van der Waals surface area contributed by atoms with Crippen LogP contribution in [0.25, 0.3) is 0 Å². The molecule has 72 heavy (non-hydrogen) atoms. The van der Waals surface area contributed by atoms with Crippen LogP contribution in [-0.4, -0.2) is 160 Å². The van der Waals surface area contributed by atoms with Gasteiger partial charge in [0.15, 0.2) is 16.6 Å². The Kier molecular flexibility index (Phi) is 21.7. The highest BCUT2D eigenvalue weighted by Gasteiger charge is 2.58. The van der Waals surface area contributed by atoms with Gasteiger partial charge in [0.05, 0.1) is 42.7 Å². The quantitative estimate of drug-likeness (QED) is 0.0665. The number of carbonyl (C=O) groups excluding carboxylic acids is 3. The number of amides is 1. The molecule has 0 aromatic rings. The number of Topliss-reactive ketones (excluding diaryl/α,β-unsaturated/α-hetero) is 1. The zero-order valence-corrected chi connectivity index (χ0v) is 50.0. The van der Waals surface area contributed by atoms with Crippen molar-refractivity contribution in [1.82, 2.24) is 4.90 Å². The molecule has 0 aromatic heterocycles. The summed E-state index contributed by atoms with van der Waals surface area (Å²) in [4.78, 5) is 45.6. The van der Waals surface area contributed by atoms with Gasteiger partial charge in [0, 0.05) is 45.6 Å². The van der Waals surface area contributed by atoms with E-state index in [9.17, 15) is 30.0 Å². The molecule has 0 radical (unpaired) electrons. The highest BCUT2D eigenvalue weighted by Crippen LogP contribution is 2.45. The van der Waals surface area contributed by atoms with Gasteiger partial charge in [-0.1, -0.05) is 80.9 Å². The van der Waals surface area contributed by atoms with Gasteiger partial charge in [-0.15, -0.1) is 0 Å². The molecule has 17 atom stereocenters. The number of nitrogens with zero attached hydrogens (tertiary/aromatic N) is 1. The molecule has 4 aliphatic rings. The van der Waals surface area contributed by atoms with Gasteiger partial charge in [-0.05, 0) is 133 Å². The van der Waals surface area contributed by atoms with E-state index in [0.29, 0.717) is 51.4 Å². The highest BCUT2D eigenvalue weighted by molar-refractivity contribution is 6.74. The Morgan fingerprint density at radius 1 is 0.792 bits per heavy atom. The maximum Gasteiger partial charge on any atom is 0.329 e. The maximum absolute atomic E-state index is 15.1. The maximum atomic E-state index is 15.1. The monoisotopic (exact) mass is 1060 g/mol. The summed E-state index contributed by atoms with van der Waals surface area (Å²) >= 11 is 0. The number of carbonyl (C=O) groups is 3. The second-order valence-electron chi connectivity index (χ2n) is 25.8. The van der Waals surface area contributed by atoms with Crippen LogP contribution < -0.4 is 0 Å². The summed E-state index contributed by atoms with van der Waals surface area (Å²) in [7, 11) is -0.132. The second-order valence-corrected chi connectivity index (χ2v) is 35.3. The Labute approximate surface area is 436 Å². The minimum absolute atomic E-state index is 0.0288. The van der Waals surface area contributed by atoms with Crippen LogP contribution in [0, 0.1) is 29.6 Å². The number of aliphatic hydroxyl groups excluding tert-OH is 2. The first-order valence-electron chi connectivity index (χ1n) is 27.3. The second kappa shape index (κ2) is 24.8. The van der Waals surface area contributed by atoms with Crippen LogP contribution in [0.5, 0.6) is 0 Å². The molecule has 15 nitrogen and oxygen atoms in total. The number of ketones is 1. The summed E-state index contributed by atoms with van der Waals surface area (Å²) < 4.78 is 45.1. The average molecular weight is 1060 g/mol. The molecule has 2 bridgehead atoms. The summed E-state index contributed by atoms with van der Waals surface area (Å²) in [5.74, 6) is -8.13. The summed E-state index contributed by atoms with van der Waals surface area (Å²) in [6, 6.07) is -1.27. The van der Waals surface area contributed by atoms with E-state index in [1.165, 1.54) is 11.8 Å². The lowest BCUT2D eigenvalue weighted by Gasteiger charge is -2.49. The van der Waals surface area contributed by atoms with Gasteiger partial charge in [-0.2, -0.15) is 0 Å². The first kappa shape index (κ1) is 62.9. The predicted molar refractivity (Wildman–Crippen MR) is 284 cm³/mol. The molecule has 3 heterocycles. The van der Waals surface area contributed by atoms with E-state index >= 15 is 4.79 Å². The lowest BCUT2D eigenvalue weighted by molar-refractivity contribution is -0.302. The summed E-state index contributed by atoms with van der Waals surface area (Å²) in [6.45, 7) is 32.8. The number of hydrogen-bond acceptors (Lipinski definition) is 14. The molecule has 4 N–H and O–H groups in total. The molecule has 3 fully saturated rings. The minimum Gasteiger partial charge on any atom is -0.457 e. The Balaban J connectivity index is 1.89. The number of hydrogen-bond donors (Lipinski definition) is 4. The van der Waals surface area contributed by atoms with E-state index in [4.69, 9.17) is 32.5 Å². The van der Waals surface area contributed by atoms with E-state index in [0.717, 1.165) is 5.57 Å². The molecule has 418 valence electrons. The Morgan fingerprint density at radius 3 is 1.89 bits per heavy atom. The molecule has 0 aromatic carbocycles. The Bertz CT molecular complexity index is 1830. The van der Waals surface area contributed by atoms with Crippen molar-refractivity contribution in [2.45, 2.75) is 262 Å². The largest absolute Gasteiger partial charge is 0.457 e. The molecule has 2 unspecified atom stereocenters. The number of ether oxygens (including phenoxy) is 5. The minimum atomic E-state index is -2.66. The van der Waals surface area contributed by atoms with E-state index in [-0.39, 0.29) is 59.9 Å². The Morgan fingerprint density at radius 2 is 1.35 bits per heavy atom. The van der Waals surface area contributed by atoms with Crippen molar-refractivity contribution in [2.24, 2.45) is 29.6 Å². The van der Waals surface area contributed by atoms with Crippen LogP contribution in [0.1, 0.15) is 154 Å². The SMILES string of the molecule is CC[C@@H]1/C=C(\C)C[C@H](C)C[C@H](OC)[C@H]2O[C@@](O)(C(=O)C(=O)N3CCCC[C@H]3C(=O)O[C@H](C(C)(O)C(O)[C@@H]3CC[C@@H](O[Si](C)(C)C(C)(C)C)[C@H](OC)C3)[C@H](C)[C@@H](O[Si](C)(C)C(C)(C)C)C[C@H]1O)[C@H](C)C[C@@H]2OC. The van der Waals surface area contributed by atoms with Gasteiger partial charge < -0.3 is 57.9 Å². The van der Waals surface area contributed by atoms with Crippen molar-refractivity contribution in [3.63, 3.8) is 0 Å². The summed E-state index contributed by atoms with van der Waals surface area (Å²) in [5.41, 5.74) is -1.06. The Hall–Kier alpha value is -1.62. The molecular weight excluding hydrogens is 955 g/mol. The van der Waals surface area contributed by atoms with Crippen molar-refractivity contribution in [2.75, 3.05) is 27.9 Å². The molecule has 1 saturated carbocycles. The molecule has 1 aliphatic carbocycles. The first-order chi connectivity index (χ1) is 33.1. The third-order valence-corrected chi connectivity index (χ3v) is 27.2. The fraction of sp³-hybridized carbons (Fsp3) is 0.909. The van der Waals surface area contributed by atoms with Crippen molar-refractivity contribution in [1.29, 1.82) is 0 Å². The standard InChI is InChI=1S/C55H101NO14Si2/c1-20-37-28-33(2)27-34(3)29-44(65-14)46-45(66-15)30-35(4)55(63,68-46)48(59)50(60)56-26-22-21-23-39(56)51(61)67-49(36(5)42(32-40(37)57)70-72(18,19)53(9,10)11)54(12,62)47(58)38-24-25-41(43(31-38)64-13)69-71(16,17)52(6,7)8/h28,34-47,49,57-58,62-63H,20-27,29-32H2,1-19H3/b33-28+/t34-,35+,36+,37+,38+,39-,40+,41+,42-,43+,44-,45-,46+,47?,49-,54?,55+/m0/s1. The predicted octanol–water partition coefficient (Wildman–Crippen LogP) is 8.49. The van der Waals surface area contributed by atoms with E-state index in [1.807, 2.05) is 20.8 Å². The van der Waals surface area contributed by atoms with Crippen LogP contribution in [-0.2, 0) is 46.9 Å². The zero-order valence-electron chi connectivity index (χ0n) is 48.0.